The van der Waals surface area contributed by atoms with Crippen molar-refractivity contribution in [1.29, 1.82) is 0 Å². The van der Waals surface area contributed by atoms with E-state index in [2.05, 4.69) is 20.8 Å². The van der Waals surface area contributed by atoms with E-state index in [1.54, 1.807) is 0 Å². The predicted molar refractivity (Wildman–Crippen MR) is 64.8 cm³/mol. The Morgan fingerprint density at radius 3 is 2.27 bits per heavy atom. The van der Waals surface area contributed by atoms with Crippen molar-refractivity contribution in [2.75, 3.05) is 6.61 Å². The third-order valence-corrected chi connectivity index (χ3v) is 3.59. The number of nitrogens with two attached hydrogens (primary N) is 1. The van der Waals surface area contributed by atoms with Gasteiger partial charge >= 0.3 is 0 Å². The minimum atomic E-state index is 0.241. The van der Waals surface area contributed by atoms with E-state index in [9.17, 15) is 0 Å². The summed E-state index contributed by atoms with van der Waals surface area (Å²) in [4.78, 5) is 0. The van der Waals surface area contributed by atoms with E-state index in [-0.39, 0.29) is 12.1 Å². The summed E-state index contributed by atoms with van der Waals surface area (Å²) in [5.74, 6) is 1.22. The molecule has 2 N–H and O–H groups in total. The van der Waals surface area contributed by atoms with Crippen LogP contribution in [0.25, 0.3) is 0 Å². The highest BCUT2D eigenvalue weighted by molar-refractivity contribution is 4.84. The molecule has 0 aromatic heterocycles. The molecule has 0 aromatic carbocycles. The number of rotatable bonds is 5. The van der Waals surface area contributed by atoms with Gasteiger partial charge in [0.25, 0.3) is 0 Å². The average molecular weight is 213 g/mol. The lowest BCUT2D eigenvalue weighted by Crippen LogP contribution is -2.46. The van der Waals surface area contributed by atoms with Crippen LogP contribution in [0.4, 0.5) is 0 Å². The second-order valence-electron chi connectivity index (χ2n) is 5.14. The van der Waals surface area contributed by atoms with Crippen LogP contribution in [0, 0.1) is 11.8 Å². The molecule has 0 aliphatic heterocycles. The minimum absolute atomic E-state index is 0.241. The van der Waals surface area contributed by atoms with E-state index < -0.39 is 0 Å². The molecule has 0 aromatic rings. The van der Waals surface area contributed by atoms with Gasteiger partial charge in [0, 0.05) is 12.6 Å². The molecule has 1 aliphatic rings. The average Bonchev–Trinajstić information content (AvgIpc) is 2.26. The highest BCUT2D eigenvalue weighted by atomic mass is 16.5. The third kappa shape index (κ3) is 3.76. The van der Waals surface area contributed by atoms with Crippen molar-refractivity contribution in [3.05, 3.63) is 0 Å². The second-order valence-corrected chi connectivity index (χ2v) is 5.14. The Bertz CT molecular complexity index is 164. The van der Waals surface area contributed by atoms with Crippen molar-refractivity contribution >= 4 is 0 Å². The van der Waals surface area contributed by atoms with Crippen LogP contribution in [0.5, 0.6) is 0 Å². The maximum atomic E-state index is 6.35. The summed E-state index contributed by atoms with van der Waals surface area (Å²) < 4.78 is 5.79. The number of hydrogen-bond acceptors (Lipinski definition) is 2. The van der Waals surface area contributed by atoms with Gasteiger partial charge in [-0.15, -0.1) is 0 Å². The van der Waals surface area contributed by atoms with E-state index in [0.29, 0.717) is 11.8 Å². The molecule has 1 fully saturated rings. The Kier molecular flexibility index (Phi) is 5.62. The van der Waals surface area contributed by atoms with Gasteiger partial charge in [0.1, 0.15) is 0 Å². The zero-order valence-corrected chi connectivity index (χ0v) is 10.5. The van der Waals surface area contributed by atoms with E-state index >= 15 is 0 Å². The fraction of sp³-hybridized carbons (Fsp3) is 1.00. The summed E-state index contributed by atoms with van der Waals surface area (Å²) in [6.45, 7) is 7.26. The van der Waals surface area contributed by atoms with E-state index in [0.717, 1.165) is 6.61 Å². The van der Waals surface area contributed by atoms with Crippen LogP contribution < -0.4 is 5.73 Å². The summed E-state index contributed by atoms with van der Waals surface area (Å²) in [7, 11) is 0. The van der Waals surface area contributed by atoms with Crippen molar-refractivity contribution in [2.24, 2.45) is 17.6 Å². The Labute approximate surface area is 94.6 Å². The lowest BCUT2D eigenvalue weighted by molar-refractivity contribution is -0.00555. The number of hydrogen-bond donors (Lipinski definition) is 1. The smallest absolute Gasteiger partial charge is 0.0751 e. The quantitative estimate of drug-likeness (QED) is 0.762. The van der Waals surface area contributed by atoms with Crippen molar-refractivity contribution in [3.8, 4) is 0 Å². The molecule has 0 saturated heterocycles. The van der Waals surface area contributed by atoms with Crippen LogP contribution in [0.3, 0.4) is 0 Å². The Morgan fingerprint density at radius 2 is 1.80 bits per heavy atom. The van der Waals surface area contributed by atoms with Gasteiger partial charge in [0.15, 0.2) is 0 Å². The van der Waals surface area contributed by atoms with Gasteiger partial charge in [-0.05, 0) is 31.6 Å². The van der Waals surface area contributed by atoms with Crippen LogP contribution in [0.1, 0.15) is 52.9 Å². The summed E-state index contributed by atoms with van der Waals surface area (Å²) in [5, 5.41) is 0. The van der Waals surface area contributed by atoms with Crippen LogP contribution in [0.15, 0.2) is 0 Å². The maximum absolute atomic E-state index is 6.35. The van der Waals surface area contributed by atoms with Crippen molar-refractivity contribution in [1.82, 2.24) is 0 Å². The normalized spacial score (nSPS) is 23.0. The molecular weight excluding hydrogens is 186 g/mol. The molecule has 2 heteroatoms. The third-order valence-electron chi connectivity index (χ3n) is 3.59. The van der Waals surface area contributed by atoms with Crippen LogP contribution in [-0.2, 0) is 4.74 Å². The van der Waals surface area contributed by atoms with Gasteiger partial charge < -0.3 is 10.5 Å². The molecule has 2 atom stereocenters. The molecule has 90 valence electrons. The highest BCUT2D eigenvalue weighted by Crippen LogP contribution is 2.29. The Balaban J connectivity index is 2.49. The van der Waals surface area contributed by atoms with Gasteiger partial charge in [-0.3, -0.25) is 0 Å². The highest BCUT2D eigenvalue weighted by Gasteiger charge is 2.29. The van der Waals surface area contributed by atoms with E-state index in [1.165, 1.54) is 32.1 Å². The Hall–Kier alpha value is -0.0800. The van der Waals surface area contributed by atoms with Gasteiger partial charge in [-0.2, -0.15) is 0 Å². The maximum Gasteiger partial charge on any atom is 0.0751 e. The minimum Gasteiger partial charge on any atom is -0.377 e. The topological polar surface area (TPSA) is 35.2 Å². The summed E-state index contributed by atoms with van der Waals surface area (Å²) in [6.07, 6.45) is 6.96. The predicted octanol–water partition coefficient (Wildman–Crippen LogP) is 2.96. The van der Waals surface area contributed by atoms with Gasteiger partial charge in [-0.25, -0.2) is 0 Å². The standard InChI is InChI=1S/C13H27NO/c1-4-15-13(10(2)3)12(14)11-8-6-5-7-9-11/h10-13H,4-9,14H2,1-3H3. The first-order valence-corrected chi connectivity index (χ1v) is 6.54. The summed E-state index contributed by atoms with van der Waals surface area (Å²) in [6, 6.07) is 0.241. The molecule has 0 spiro atoms. The summed E-state index contributed by atoms with van der Waals surface area (Å²) in [5.41, 5.74) is 6.35. The second kappa shape index (κ2) is 6.49. The van der Waals surface area contributed by atoms with E-state index in [4.69, 9.17) is 10.5 Å². The molecule has 0 radical (unpaired) electrons. The molecule has 2 unspecified atom stereocenters. The molecule has 0 amide bonds. The molecule has 2 nitrogen and oxygen atoms in total. The van der Waals surface area contributed by atoms with Crippen LogP contribution >= 0.6 is 0 Å². The first kappa shape index (κ1) is 13.0. The molecule has 1 rings (SSSR count). The Morgan fingerprint density at radius 1 is 1.20 bits per heavy atom. The van der Waals surface area contributed by atoms with Crippen LogP contribution in [-0.4, -0.2) is 18.8 Å². The fourth-order valence-electron chi connectivity index (χ4n) is 2.73. The summed E-state index contributed by atoms with van der Waals surface area (Å²) >= 11 is 0. The van der Waals surface area contributed by atoms with Gasteiger partial charge in [-0.1, -0.05) is 33.1 Å². The molecule has 1 saturated carbocycles. The first-order valence-electron chi connectivity index (χ1n) is 6.54. The monoisotopic (exact) mass is 213 g/mol. The fourth-order valence-corrected chi connectivity index (χ4v) is 2.73. The lowest BCUT2D eigenvalue weighted by atomic mass is 9.80. The molecule has 15 heavy (non-hydrogen) atoms. The van der Waals surface area contributed by atoms with Crippen molar-refractivity contribution in [3.63, 3.8) is 0 Å². The number of ether oxygens (including phenoxy) is 1. The molecule has 0 heterocycles. The largest absolute Gasteiger partial charge is 0.377 e. The van der Waals surface area contributed by atoms with Gasteiger partial charge in [0.05, 0.1) is 6.10 Å². The lowest BCUT2D eigenvalue weighted by Gasteiger charge is -2.35. The molecule has 0 bridgehead atoms. The first-order chi connectivity index (χ1) is 7.16. The zero-order chi connectivity index (χ0) is 11.3. The van der Waals surface area contributed by atoms with Gasteiger partial charge in [0.2, 0.25) is 0 Å². The van der Waals surface area contributed by atoms with Crippen LogP contribution in [0.2, 0.25) is 0 Å². The SMILES string of the molecule is CCOC(C(C)C)C(N)C1CCCCC1. The molecule has 1 aliphatic carbocycles. The van der Waals surface area contributed by atoms with E-state index in [1.807, 2.05) is 0 Å². The van der Waals surface area contributed by atoms with Crippen molar-refractivity contribution < 1.29 is 4.74 Å². The van der Waals surface area contributed by atoms with Crippen molar-refractivity contribution in [2.45, 2.75) is 65.0 Å². The zero-order valence-electron chi connectivity index (χ0n) is 10.5. The molecular formula is C13H27NO.